The third kappa shape index (κ3) is 5.58. The summed E-state index contributed by atoms with van der Waals surface area (Å²) in [6, 6.07) is 34.7. The predicted octanol–water partition coefficient (Wildman–Crippen LogP) is 11.0. The highest BCUT2D eigenvalue weighted by Crippen LogP contribution is 2.47. The molecular formula is C38H38N2. The van der Waals surface area contributed by atoms with Crippen molar-refractivity contribution < 1.29 is 0 Å². The minimum absolute atomic E-state index is 0.238. The maximum atomic E-state index is 4.03. The molecule has 0 bridgehead atoms. The van der Waals surface area contributed by atoms with Gasteiger partial charge in [-0.3, -0.25) is 0 Å². The van der Waals surface area contributed by atoms with Crippen molar-refractivity contribution in [3.63, 3.8) is 0 Å². The average Bonchev–Trinajstić information content (AvgIpc) is 3.28. The van der Waals surface area contributed by atoms with Gasteiger partial charge >= 0.3 is 0 Å². The molecule has 5 rings (SSSR count). The van der Waals surface area contributed by atoms with Crippen LogP contribution < -0.4 is 10.2 Å². The van der Waals surface area contributed by atoms with Crippen LogP contribution in [-0.2, 0) is 0 Å². The summed E-state index contributed by atoms with van der Waals surface area (Å²) >= 11 is 0. The molecule has 0 radical (unpaired) electrons. The number of allylic oxidation sites excluding steroid dienone is 6. The summed E-state index contributed by atoms with van der Waals surface area (Å²) in [5, 5.41) is 3.61. The number of anilines is 4. The van der Waals surface area contributed by atoms with E-state index in [0.29, 0.717) is 5.92 Å². The molecule has 0 aromatic heterocycles. The first-order valence-corrected chi connectivity index (χ1v) is 14.2. The molecule has 2 atom stereocenters. The van der Waals surface area contributed by atoms with Crippen LogP contribution >= 0.6 is 0 Å². The molecule has 200 valence electrons. The van der Waals surface area contributed by atoms with Gasteiger partial charge in [-0.25, -0.2) is 0 Å². The zero-order valence-corrected chi connectivity index (χ0v) is 23.6. The molecule has 1 aliphatic rings. The maximum absolute atomic E-state index is 4.03. The molecule has 0 aliphatic carbocycles. The second-order valence-corrected chi connectivity index (χ2v) is 10.2. The fraction of sp³-hybridized carbons (Fsp3) is 0.158. The monoisotopic (exact) mass is 522 g/mol. The van der Waals surface area contributed by atoms with E-state index >= 15 is 0 Å². The Morgan fingerprint density at radius 1 is 0.850 bits per heavy atom. The second-order valence-electron chi connectivity index (χ2n) is 10.2. The summed E-state index contributed by atoms with van der Waals surface area (Å²) in [4.78, 5) is 2.40. The highest BCUT2D eigenvalue weighted by molar-refractivity contribution is 5.80. The molecule has 2 heteroatoms. The molecule has 0 saturated carbocycles. The number of para-hydroxylation sites is 2. The molecule has 0 amide bonds. The van der Waals surface area contributed by atoms with E-state index in [1.807, 2.05) is 12.2 Å². The quantitative estimate of drug-likeness (QED) is 0.208. The summed E-state index contributed by atoms with van der Waals surface area (Å²) in [6.45, 7) is 12.4. The molecule has 1 N–H and O–H groups in total. The van der Waals surface area contributed by atoms with Gasteiger partial charge in [0.1, 0.15) is 0 Å². The van der Waals surface area contributed by atoms with Crippen molar-refractivity contribution in [2.45, 2.75) is 38.5 Å². The number of hydrogen-bond donors (Lipinski definition) is 1. The summed E-state index contributed by atoms with van der Waals surface area (Å²) < 4.78 is 0. The third-order valence-electron chi connectivity index (χ3n) is 7.67. The van der Waals surface area contributed by atoms with Gasteiger partial charge in [0.15, 0.2) is 0 Å². The van der Waals surface area contributed by atoms with Crippen LogP contribution in [0.3, 0.4) is 0 Å². The van der Waals surface area contributed by atoms with E-state index in [2.05, 4.69) is 153 Å². The Labute approximate surface area is 239 Å². The van der Waals surface area contributed by atoms with E-state index in [4.69, 9.17) is 0 Å². The molecule has 4 aromatic carbocycles. The lowest BCUT2D eigenvalue weighted by Crippen LogP contribution is -2.12. The van der Waals surface area contributed by atoms with Crippen molar-refractivity contribution in [3.05, 3.63) is 157 Å². The Kier molecular flexibility index (Phi) is 8.47. The number of nitrogens with zero attached hydrogens (tertiary/aromatic N) is 1. The maximum Gasteiger partial charge on any atom is 0.0497 e. The van der Waals surface area contributed by atoms with E-state index in [0.717, 1.165) is 24.2 Å². The highest BCUT2D eigenvalue weighted by atomic mass is 15.2. The largest absolute Gasteiger partial charge is 0.355 e. The normalized spacial score (nSPS) is 16.2. The molecule has 4 aromatic rings. The smallest absolute Gasteiger partial charge is 0.0497 e. The van der Waals surface area contributed by atoms with Crippen LogP contribution in [0.2, 0.25) is 0 Å². The van der Waals surface area contributed by atoms with Gasteiger partial charge in [-0.05, 0) is 77.6 Å². The topological polar surface area (TPSA) is 15.3 Å². The van der Waals surface area contributed by atoms with Crippen LogP contribution in [-0.4, -0.2) is 0 Å². The highest BCUT2D eigenvalue weighted by Gasteiger charge is 2.31. The van der Waals surface area contributed by atoms with Crippen LogP contribution in [0.1, 0.15) is 49.7 Å². The number of rotatable bonds is 10. The van der Waals surface area contributed by atoms with Gasteiger partial charge in [-0.2, -0.15) is 0 Å². The lowest BCUT2D eigenvalue weighted by atomic mass is 9.94. The van der Waals surface area contributed by atoms with Crippen LogP contribution in [0.25, 0.3) is 11.1 Å². The van der Waals surface area contributed by atoms with E-state index in [1.165, 1.54) is 39.3 Å². The van der Waals surface area contributed by atoms with Crippen LogP contribution in [0.5, 0.6) is 0 Å². The van der Waals surface area contributed by atoms with Crippen molar-refractivity contribution in [1.82, 2.24) is 0 Å². The Morgan fingerprint density at radius 2 is 1.52 bits per heavy atom. The molecule has 40 heavy (non-hydrogen) atoms. The van der Waals surface area contributed by atoms with Crippen molar-refractivity contribution in [1.29, 1.82) is 0 Å². The van der Waals surface area contributed by atoms with Gasteiger partial charge in [0.25, 0.3) is 0 Å². The Balaban J connectivity index is 1.37. The number of benzene rings is 4. The fourth-order valence-electron chi connectivity index (χ4n) is 5.53. The van der Waals surface area contributed by atoms with E-state index in [-0.39, 0.29) is 5.92 Å². The van der Waals surface area contributed by atoms with Crippen LogP contribution in [0.15, 0.2) is 146 Å². The van der Waals surface area contributed by atoms with Crippen molar-refractivity contribution in [3.8, 4) is 11.1 Å². The molecule has 0 saturated heterocycles. The summed E-state index contributed by atoms with van der Waals surface area (Å²) in [5.41, 5.74) is 10.9. The number of nitrogens with one attached hydrogen (secondary N) is 1. The SMILES string of the molecule is C=CCC(C=C)c1ccccc1Nc1ccc(-c2ccc(N3/C(=C/C=C\CC)C(C)c4ccccc43)cc2)cc1. The van der Waals surface area contributed by atoms with Gasteiger partial charge in [0.05, 0.1) is 0 Å². The molecule has 2 nitrogen and oxygen atoms in total. The predicted molar refractivity (Wildman–Crippen MR) is 174 cm³/mol. The van der Waals surface area contributed by atoms with E-state index in [9.17, 15) is 0 Å². The van der Waals surface area contributed by atoms with E-state index < -0.39 is 0 Å². The molecule has 2 unspecified atom stereocenters. The molecule has 0 fully saturated rings. The molecular weight excluding hydrogens is 484 g/mol. The molecule has 1 heterocycles. The summed E-state index contributed by atoms with van der Waals surface area (Å²) in [7, 11) is 0. The van der Waals surface area contributed by atoms with Gasteiger partial charge in [0, 0.05) is 40.3 Å². The zero-order chi connectivity index (χ0) is 27.9. The lowest BCUT2D eigenvalue weighted by molar-refractivity contribution is 0.870. The van der Waals surface area contributed by atoms with Crippen molar-refractivity contribution >= 4 is 22.7 Å². The first-order chi connectivity index (χ1) is 19.6. The van der Waals surface area contributed by atoms with Gasteiger partial charge in [-0.15, -0.1) is 13.2 Å². The summed E-state index contributed by atoms with van der Waals surface area (Å²) in [6.07, 6.45) is 12.5. The van der Waals surface area contributed by atoms with Gasteiger partial charge < -0.3 is 10.2 Å². The first kappa shape index (κ1) is 27.0. The van der Waals surface area contributed by atoms with Gasteiger partial charge in [-0.1, -0.05) is 98.8 Å². The zero-order valence-electron chi connectivity index (χ0n) is 23.6. The molecule has 1 aliphatic heterocycles. The van der Waals surface area contributed by atoms with Gasteiger partial charge in [0.2, 0.25) is 0 Å². The van der Waals surface area contributed by atoms with E-state index in [1.54, 1.807) is 0 Å². The standard InChI is InChI=1S/C38H38N2/c1-5-8-9-18-37-28(4)34-15-11-13-19-38(34)40(37)33-26-22-31(23-27-33)30-20-24-32(25-21-30)39-36-17-12-10-16-35(36)29(7-3)14-6-2/h6-13,15-29,39H,2-3,5,14H2,1,4H3/b9-8-,37-18+. The Hall–Kier alpha value is -4.56. The summed E-state index contributed by atoms with van der Waals surface area (Å²) in [5.74, 6) is 0.587. The molecule has 0 spiro atoms. The Bertz CT molecular complexity index is 1520. The minimum atomic E-state index is 0.238. The van der Waals surface area contributed by atoms with Crippen molar-refractivity contribution in [2.75, 3.05) is 10.2 Å². The first-order valence-electron chi connectivity index (χ1n) is 14.2. The Morgan fingerprint density at radius 3 is 2.23 bits per heavy atom. The van der Waals surface area contributed by atoms with Crippen LogP contribution in [0, 0.1) is 0 Å². The van der Waals surface area contributed by atoms with Crippen molar-refractivity contribution in [2.24, 2.45) is 0 Å². The second kappa shape index (κ2) is 12.5. The number of fused-ring (bicyclic) bond motifs is 1. The lowest BCUT2D eigenvalue weighted by Gasteiger charge is -2.23. The minimum Gasteiger partial charge on any atom is -0.355 e. The average molecular weight is 523 g/mol. The fourth-order valence-corrected chi connectivity index (χ4v) is 5.53. The number of hydrogen-bond acceptors (Lipinski definition) is 2. The third-order valence-corrected chi connectivity index (χ3v) is 7.67. The van der Waals surface area contributed by atoms with Crippen LogP contribution in [0.4, 0.5) is 22.7 Å².